The minimum Gasteiger partial charge on any atom is -0.394 e. The third kappa shape index (κ3) is 6.05. The number of aryl methyl sites for hydroxylation is 1. The van der Waals surface area contributed by atoms with Gasteiger partial charge in [0.2, 0.25) is 0 Å². The van der Waals surface area contributed by atoms with Gasteiger partial charge in [0.05, 0.1) is 24.9 Å². The quantitative estimate of drug-likeness (QED) is 0.747. The standard InChI is InChI=1S/C21H25ClO3.C2H6/c1-2-14-3-5-15(6-4-14)9-17-10-16(7-8-20(17)22)21-12-18(24)11-19(13-23)25-21;1-2/h3-8,10,18-19,21,23-24H,2,9,11-13H2,1H3;1-2H3. The lowest BCUT2D eigenvalue weighted by Gasteiger charge is -2.32. The van der Waals surface area contributed by atoms with Gasteiger partial charge in [-0.2, -0.15) is 0 Å². The van der Waals surface area contributed by atoms with Crippen LogP contribution in [0.3, 0.4) is 0 Å². The number of hydrogen-bond acceptors (Lipinski definition) is 3. The first-order valence-corrected chi connectivity index (χ1v) is 10.3. The molecule has 1 saturated heterocycles. The molecule has 3 nitrogen and oxygen atoms in total. The third-order valence-electron chi connectivity index (χ3n) is 4.85. The number of rotatable bonds is 5. The Morgan fingerprint density at radius 3 is 2.33 bits per heavy atom. The zero-order chi connectivity index (χ0) is 19.8. The Morgan fingerprint density at radius 1 is 1.04 bits per heavy atom. The van der Waals surface area contributed by atoms with E-state index in [-0.39, 0.29) is 18.8 Å². The van der Waals surface area contributed by atoms with E-state index in [1.807, 2.05) is 26.0 Å². The van der Waals surface area contributed by atoms with E-state index in [2.05, 4.69) is 37.3 Å². The van der Waals surface area contributed by atoms with Gasteiger partial charge in [-0.3, -0.25) is 0 Å². The van der Waals surface area contributed by atoms with Crippen molar-refractivity contribution in [2.45, 2.75) is 64.8 Å². The van der Waals surface area contributed by atoms with Gasteiger partial charge in [0.25, 0.3) is 0 Å². The second-order valence-corrected chi connectivity index (χ2v) is 7.16. The first kappa shape index (κ1) is 21.9. The largest absolute Gasteiger partial charge is 0.394 e. The van der Waals surface area contributed by atoms with Crippen molar-refractivity contribution in [3.8, 4) is 0 Å². The van der Waals surface area contributed by atoms with Gasteiger partial charge in [-0.05, 0) is 41.2 Å². The molecule has 3 atom stereocenters. The highest BCUT2D eigenvalue weighted by Crippen LogP contribution is 2.33. The fourth-order valence-electron chi connectivity index (χ4n) is 3.37. The van der Waals surface area contributed by atoms with Crippen molar-refractivity contribution in [1.82, 2.24) is 0 Å². The van der Waals surface area contributed by atoms with Gasteiger partial charge in [-0.25, -0.2) is 0 Å². The van der Waals surface area contributed by atoms with E-state index in [4.69, 9.17) is 16.3 Å². The molecule has 0 spiro atoms. The predicted octanol–water partition coefficient (Wildman–Crippen LogP) is 5.09. The summed E-state index contributed by atoms with van der Waals surface area (Å²) < 4.78 is 5.91. The Hall–Kier alpha value is -1.39. The van der Waals surface area contributed by atoms with Crippen molar-refractivity contribution in [2.24, 2.45) is 0 Å². The number of aliphatic hydroxyl groups is 2. The fraction of sp³-hybridized carbons (Fsp3) is 0.478. The van der Waals surface area contributed by atoms with Crippen LogP contribution < -0.4 is 0 Å². The molecule has 1 aliphatic heterocycles. The molecular weight excluding hydrogens is 360 g/mol. The number of halogens is 1. The molecule has 0 amide bonds. The smallest absolute Gasteiger partial charge is 0.0854 e. The first-order valence-electron chi connectivity index (χ1n) is 9.89. The molecule has 3 rings (SSSR count). The summed E-state index contributed by atoms with van der Waals surface area (Å²) in [6.45, 7) is 6.07. The lowest BCUT2D eigenvalue weighted by atomic mass is 9.94. The monoisotopic (exact) mass is 390 g/mol. The summed E-state index contributed by atoms with van der Waals surface area (Å²) in [5.74, 6) is 0. The molecule has 4 heteroatoms. The molecule has 2 N–H and O–H groups in total. The molecule has 3 unspecified atom stereocenters. The first-order chi connectivity index (χ1) is 13.1. The Balaban J connectivity index is 0.00000126. The summed E-state index contributed by atoms with van der Waals surface area (Å²) in [6, 6.07) is 14.5. The molecule has 148 valence electrons. The fourth-order valence-corrected chi connectivity index (χ4v) is 3.55. The van der Waals surface area contributed by atoms with Crippen LogP contribution in [-0.2, 0) is 17.6 Å². The highest BCUT2D eigenvalue weighted by Gasteiger charge is 2.29. The number of aliphatic hydroxyl groups excluding tert-OH is 2. The Kier molecular flexibility index (Phi) is 8.78. The summed E-state index contributed by atoms with van der Waals surface area (Å²) in [7, 11) is 0. The van der Waals surface area contributed by atoms with Crippen LogP contribution in [0.4, 0.5) is 0 Å². The zero-order valence-electron chi connectivity index (χ0n) is 16.5. The molecule has 2 aromatic rings. The van der Waals surface area contributed by atoms with Crippen molar-refractivity contribution in [3.63, 3.8) is 0 Å². The summed E-state index contributed by atoms with van der Waals surface area (Å²) in [4.78, 5) is 0. The van der Waals surface area contributed by atoms with Crippen LogP contribution in [0.1, 0.15) is 62.0 Å². The topological polar surface area (TPSA) is 49.7 Å². The van der Waals surface area contributed by atoms with E-state index in [1.54, 1.807) is 0 Å². The minimum atomic E-state index is -0.448. The van der Waals surface area contributed by atoms with Gasteiger partial charge in [0, 0.05) is 17.9 Å². The van der Waals surface area contributed by atoms with Crippen LogP contribution in [0.2, 0.25) is 5.02 Å². The minimum absolute atomic E-state index is 0.0716. The van der Waals surface area contributed by atoms with E-state index in [9.17, 15) is 10.2 Å². The van der Waals surface area contributed by atoms with E-state index >= 15 is 0 Å². The van der Waals surface area contributed by atoms with Crippen molar-refractivity contribution >= 4 is 11.6 Å². The number of benzene rings is 2. The van der Waals surface area contributed by atoms with Gasteiger partial charge in [-0.15, -0.1) is 0 Å². The molecule has 1 fully saturated rings. The number of ether oxygens (including phenoxy) is 1. The lowest BCUT2D eigenvalue weighted by Crippen LogP contribution is -2.33. The average Bonchev–Trinajstić information content (AvgIpc) is 2.71. The summed E-state index contributed by atoms with van der Waals surface area (Å²) in [6.07, 6.45) is 1.85. The second kappa shape index (κ2) is 10.8. The molecular formula is C23H31ClO3. The number of hydrogen-bond donors (Lipinski definition) is 2. The highest BCUT2D eigenvalue weighted by atomic mass is 35.5. The maximum atomic E-state index is 10.0. The van der Waals surface area contributed by atoms with E-state index in [1.165, 1.54) is 11.1 Å². The van der Waals surface area contributed by atoms with Gasteiger partial charge in [0.15, 0.2) is 0 Å². The summed E-state index contributed by atoms with van der Waals surface area (Å²) in [5, 5.41) is 20.1. The maximum absolute atomic E-state index is 10.0. The Labute approximate surface area is 168 Å². The molecule has 0 bridgehead atoms. The van der Waals surface area contributed by atoms with Crippen LogP contribution in [0, 0.1) is 0 Å². The molecule has 1 heterocycles. The lowest BCUT2D eigenvalue weighted by molar-refractivity contribution is -0.113. The van der Waals surface area contributed by atoms with Crippen molar-refractivity contribution in [3.05, 3.63) is 69.7 Å². The van der Waals surface area contributed by atoms with Crippen LogP contribution in [0.15, 0.2) is 42.5 Å². The predicted molar refractivity (Wildman–Crippen MR) is 111 cm³/mol. The molecule has 2 aromatic carbocycles. The van der Waals surface area contributed by atoms with Gasteiger partial charge in [0.1, 0.15) is 0 Å². The van der Waals surface area contributed by atoms with Crippen molar-refractivity contribution in [2.75, 3.05) is 6.61 Å². The SMILES string of the molecule is CC.CCc1ccc(Cc2cc(C3CC(O)CC(CO)O3)ccc2Cl)cc1. The van der Waals surface area contributed by atoms with E-state index in [0.717, 1.165) is 29.0 Å². The van der Waals surface area contributed by atoms with Gasteiger partial charge in [-0.1, -0.05) is 68.8 Å². The van der Waals surface area contributed by atoms with Crippen LogP contribution in [0.5, 0.6) is 0 Å². The molecule has 1 aliphatic rings. The molecule has 27 heavy (non-hydrogen) atoms. The normalized spacial score (nSPS) is 22.1. The molecule has 0 aliphatic carbocycles. The van der Waals surface area contributed by atoms with Crippen LogP contribution in [0.25, 0.3) is 0 Å². The zero-order valence-corrected chi connectivity index (χ0v) is 17.2. The van der Waals surface area contributed by atoms with Crippen LogP contribution in [-0.4, -0.2) is 29.0 Å². The third-order valence-corrected chi connectivity index (χ3v) is 5.22. The molecule has 0 aromatic heterocycles. The molecule has 0 saturated carbocycles. The summed E-state index contributed by atoms with van der Waals surface area (Å²) >= 11 is 6.40. The second-order valence-electron chi connectivity index (χ2n) is 6.75. The maximum Gasteiger partial charge on any atom is 0.0854 e. The van der Waals surface area contributed by atoms with Crippen LogP contribution >= 0.6 is 11.6 Å². The van der Waals surface area contributed by atoms with E-state index in [0.29, 0.717) is 12.8 Å². The highest BCUT2D eigenvalue weighted by molar-refractivity contribution is 6.31. The summed E-state index contributed by atoms with van der Waals surface area (Å²) in [5.41, 5.74) is 4.59. The van der Waals surface area contributed by atoms with E-state index < -0.39 is 6.10 Å². The average molecular weight is 391 g/mol. The van der Waals surface area contributed by atoms with Gasteiger partial charge >= 0.3 is 0 Å². The Bertz CT molecular complexity index is 699. The van der Waals surface area contributed by atoms with Gasteiger partial charge < -0.3 is 14.9 Å². The van der Waals surface area contributed by atoms with Crippen molar-refractivity contribution in [1.29, 1.82) is 0 Å². The molecule has 0 radical (unpaired) electrons. The van der Waals surface area contributed by atoms with Crippen molar-refractivity contribution < 1.29 is 14.9 Å². The Morgan fingerprint density at radius 2 is 1.70 bits per heavy atom.